The standard InChI is InChI=1S/C27H24FN5O3/c1-17(31-27(34)24-12-13-29-32-24)26(18-4-3-5-22(14-18)35-2)36-23-10-11-25-19(15-23)16-30-33(25)21-8-6-20(28)7-9-21/h3-17,26H,1-2H3,(H,29,32)(H,31,34)/t17-,26-/m0/s1. The number of aromatic amines is 1. The van der Waals surface area contributed by atoms with E-state index in [1.165, 1.54) is 18.3 Å². The molecule has 36 heavy (non-hydrogen) atoms. The topological polar surface area (TPSA) is 94.1 Å². The highest BCUT2D eigenvalue weighted by Crippen LogP contribution is 2.30. The first-order chi connectivity index (χ1) is 17.5. The molecule has 8 nitrogen and oxygen atoms in total. The third-order valence-electron chi connectivity index (χ3n) is 5.85. The van der Waals surface area contributed by atoms with Crippen LogP contribution in [0.25, 0.3) is 16.6 Å². The fourth-order valence-corrected chi connectivity index (χ4v) is 4.04. The summed E-state index contributed by atoms with van der Waals surface area (Å²) in [6.45, 7) is 1.88. The Morgan fingerprint density at radius 1 is 1.06 bits per heavy atom. The van der Waals surface area contributed by atoms with Crippen LogP contribution in [0.2, 0.25) is 0 Å². The van der Waals surface area contributed by atoms with Gasteiger partial charge in [0.1, 0.15) is 29.1 Å². The number of benzene rings is 3. The van der Waals surface area contributed by atoms with E-state index in [0.29, 0.717) is 17.2 Å². The third kappa shape index (κ3) is 4.76. The summed E-state index contributed by atoms with van der Waals surface area (Å²) in [5.41, 5.74) is 2.81. The van der Waals surface area contributed by atoms with E-state index in [0.717, 1.165) is 22.2 Å². The van der Waals surface area contributed by atoms with Crippen molar-refractivity contribution in [3.05, 3.63) is 102 Å². The second kappa shape index (κ2) is 9.91. The molecule has 0 bridgehead atoms. The summed E-state index contributed by atoms with van der Waals surface area (Å²) in [7, 11) is 1.60. The summed E-state index contributed by atoms with van der Waals surface area (Å²) in [5, 5.41) is 14.8. The number of carbonyl (C=O) groups is 1. The summed E-state index contributed by atoms with van der Waals surface area (Å²) in [5.74, 6) is 0.705. The minimum Gasteiger partial charge on any atom is -0.497 e. The van der Waals surface area contributed by atoms with E-state index in [1.807, 2.05) is 49.4 Å². The van der Waals surface area contributed by atoms with Gasteiger partial charge in [-0.05, 0) is 73.2 Å². The summed E-state index contributed by atoms with van der Waals surface area (Å²) in [4.78, 5) is 12.7. The smallest absolute Gasteiger partial charge is 0.269 e. The van der Waals surface area contributed by atoms with Crippen LogP contribution in [0.3, 0.4) is 0 Å². The Hall–Kier alpha value is -4.66. The maximum atomic E-state index is 13.3. The van der Waals surface area contributed by atoms with Crippen LogP contribution in [0.5, 0.6) is 11.5 Å². The molecule has 1 amide bonds. The number of hydrogen-bond donors (Lipinski definition) is 2. The zero-order chi connectivity index (χ0) is 25.1. The van der Waals surface area contributed by atoms with Gasteiger partial charge in [-0.1, -0.05) is 12.1 Å². The van der Waals surface area contributed by atoms with Crippen molar-refractivity contribution >= 4 is 16.8 Å². The largest absolute Gasteiger partial charge is 0.497 e. The first-order valence-corrected chi connectivity index (χ1v) is 11.4. The molecule has 9 heteroatoms. The molecule has 182 valence electrons. The highest BCUT2D eigenvalue weighted by molar-refractivity contribution is 5.92. The van der Waals surface area contributed by atoms with E-state index in [1.54, 1.807) is 36.2 Å². The van der Waals surface area contributed by atoms with Gasteiger partial charge >= 0.3 is 0 Å². The minimum atomic E-state index is -0.517. The number of rotatable bonds is 8. The molecule has 2 heterocycles. The lowest BCUT2D eigenvalue weighted by atomic mass is 10.0. The van der Waals surface area contributed by atoms with Crippen LogP contribution in [-0.2, 0) is 0 Å². The number of halogens is 1. The average molecular weight is 486 g/mol. The molecule has 0 saturated carbocycles. The van der Waals surface area contributed by atoms with Crippen molar-refractivity contribution in [3.8, 4) is 17.2 Å². The van der Waals surface area contributed by atoms with Gasteiger partial charge in [0.2, 0.25) is 0 Å². The number of H-pyrrole nitrogens is 1. The maximum Gasteiger partial charge on any atom is 0.269 e. The number of carbonyl (C=O) groups excluding carboxylic acids is 1. The number of ether oxygens (including phenoxy) is 2. The van der Waals surface area contributed by atoms with Crippen molar-refractivity contribution in [1.29, 1.82) is 0 Å². The highest BCUT2D eigenvalue weighted by atomic mass is 19.1. The molecular weight excluding hydrogens is 461 g/mol. The second-order valence-electron chi connectivity index (χ2n) is 8.30. The first-order valence-electron chi connectivity index (χ1n) is 11.4. The molecule has 5 rings (SSSR count). The number of nitrogens with one attached hydrogen (secondary N) is 2. The Morgan fingerprint density at radius 2 is 1.89 bits per heavy atom. The molecule has 3 aromatic carbocycles. The predicted molar refractivity (Wildman–Crippen MR) is 133 cm³/mol. The molecule has 2 aromatic heterocycles. The van der Waals surface area contributed by atoms with E-state index >= 15 is 0 Å². The number of nitrogens with zero attached hydrogens (tertiary/aromatic N) is 3. The molecule has 0 radical (unpaired) electrons. The van der Waals surface area contributed by atoms with Crippen LogP contribution in [0.1, 0.15) is 29.1 Å². The lowest BCUT2D eigenvalue weighted by Crippen LogP contribution is -2.39. The van der Waals surface area contributed by atoms with Gasteiger partial charge in [0, 0.05) is 11.6 Å². The van der Waals surface area contributed by atoms with E-state index in [4.69, 9.17) is 9.47 Å². The van der Waals surface area contributed by atoms with Gasteiger partial charge in [0.05, 0.1) is 30.6 Å². The van der Waals surface area contributed by atoms with Crippen LogP contribution in [-0.4, -0.2) is 39.0 Å². The molecule has 5 aromatic rings. The van der Waals surface area contributed by atoms with Crippen molar-refractivity contribution in [3.63, 3.8) is 0 Å². The summed E-state index contributed by atoms with van der Waals surface area (Å²) in [6.07, 6.45) is 2.74. The molecule has 0 aliphatic rings. The Labute approximate surface area is 206 Å². The molecule has 0 fully saturated rings. The number of amides is 1. The van der Waals surface area contributed by atoms with Crippen LogP contribution < -0.4 is 14.8 Å². The lowest BCUT2D eigenvalue weighted by Gasteiger charge is -2.26. The Balaban J connectivity index is 1.44. The minimum absolute atomic E-state index is 0.285. The van der Waals surface area contributed by atoms with Crippen molar-refractivity contribution in [2.75, 3.05) is 7.11 Å². The molecule has 0 spiro atoms. The van der Waals surface area contributed by atoms with Crippen molar-refractivity contribution in [2.45, 2.75) is 19.1 Å². The zero-order valence-electron chi connectivity index (χ0n) is 19.7. The first kappa shape index (κ1) is 23.1. The van der Waals surface area contributed by atoms with Gasteiger partial charge in [-0.15, -0.1) is 0 Å². The normalized spacial score (nSPS) is 12.8. The summed E-state index contributed by atoms with van der Waals surface area (Å²) < 4.78 is 26.9. The quantitative estimate of drug-likeness (QED) is 0.328. The molecule has 0 aliphatic heterocycles. The lowest BCUT2D eigenvalue weighted by molar-refractivity contribution is 0.0877. The summed E-state index contributed by atoms with van der Waals surface area (Å²) >= 11 is 0. The molecule has 0 unspecified atom stereocenters. The number of methoxy groups -OCH3 is 1. The van der Waals surface area contributed by atoms with Gasteiger partial charge in [-0.3, -0.25) is 9.89 Å². The molecule has 0 aliphatic carbocycles. The van der Waals surface area contributed by atoms with Crippen LogP contribution >= 0.6 is 0 Å². The molecular formula is C27H24FN5O3. The van der Waals surface area contributed by atoms with Gasteiger partial charge in [-0.25, -0.2) is 9.07 Å². The van der Waals surface area contributed by atoms with Crippen molar-refractivity contribution < 1.29 is 18.7 Å². The SMILES string of the molecule is COc1cccc([C@@H](Oc2ccc3c(cnn3-c3ccc(F)cc3)c2)[C@H](C)NC(=O)c2ccn[nH]2)c1. The van der Waals surface area contributed by atoms with Crippen LogP contribution in [0, 0.1) is 5.82 Å². The average Bonchev–Trinajstić information content (AvgIpc) is 3.58. The Bertz CT molecular complexity index is 1480. The van der Waals surface area contributed by atoms with E-state index < -0.39 is 12.1 Å². The fraction of sp³-hybridized carbons (Fsp3) is 0.148. The Morgan fingerprint density at radius 3 is 2.64 bits per heavy atom. The van der Waals surface area contributed by atoms with Gasteiger partial charge < -0.3 is 14.8 Å². The van der Waals surface area contributed by atoms with E-state index in [-0.39, 0.29) is 11.7 Å². The van der Waals surface area contributed by atoms with Crippen molar-refractivity contribution in [1.82, 2.24) is 25.3 Å². The summed E-state index contributed by atoms with van der Waals surface area (Å²) in [6, 6.07) is 20.5. The second-order valence-corrected chi connectivity index (χ2v) is 8.30. The zero-order valence-corrected chi connectivity index (χ0v) is 19.7. The maximum absolute atomic E-state index is 13.3. The third-order valence-corrected chi connectivity index (χ3v) is 5.85. The van der Waals surface area contributed by atoms with Crippen LogP contribution in [0.15, 0.2) is 85.2 Å². The van der Waals surface area contributed by atoms with E-state index in [2.05, 4.69) is 20.6 Å². The van der Waals surface area contributed by atoms with Gasteiger partial charge in [0.25, 0.3) is 5.91 Å². The molecule has 0 saturated heterocycles. The fourth-order valence-electron chi connectivity index (χ4n) is 4.04. The van der Waals surface area contributed by atoms with Crippen LogP contribution in [0.4, 0.5) is 4.39 Å². The van der Waals surface area contributed by atoms with Crippen molar-refractivity contribution in [2.24, 2.45) is 0 Å². The highest BCUT2D eigenvalue weighted by Gasteiger charge is 2.25. The predicted octanol–water partition coefficient (Wildman–Crippen LogP) is 4.83. The number of aromatic nitrogens is 4. The van der Waals surface area contributed by atoms with Gasteiger partial charge in [0.15, 0.2) is 0 Å². The Kier molecular flexibility index (Phi) is 6.36. The van der Waals surface area contributed by atoms with E-state index in [9.17, 15) is 9.18 Å². The van der Waals surface area contributed by atoms with Gasteiger partial charge in [-0.2, -0.15) is 10.2 Å². The number of hydrogen-bond acceptors (Lipinski definition) is 5. The molecule has 2 N–H and O–H groups in total. The molecule has 2 atom stereocenters. The number of fused-ring (bicyclic) bond motifs is 1. The monoisotopic (exact) mass is 485 g/mol.